The summed E-state index contributed by atoms with van der Waals surface area (Å²) in [6, 6.07) is 8.26. The van der Waals surface area contributed by atoms with Crippen LogP contribution in [0.25, 0.3) is 11.3 Å². The van der Waals surface area contributed by atoms with E-state index in [-0.39, 0.29) is 6.04 Å². The lowest BCUT2D eigenvalue weighted by molar-refractivity contribution is 0.441. The van der Waals surface area contributed by atoms with E-state index in [2.05, 4.69) is 42.9 Å². The van der Waals surface area contributed by atoms with Gasteiger partial charge in [0.1, 0.15) is 5.82 Å². The standard InChI is InChI=1S/C15H21N3/c1-4-10(2)14(16)15-17-9-13(18-15)12-8-6-5-7-11(12)3/h5-10,14H,4,16H2,1-3H3,(H,17,18). The van der Waals surface area contributed by atoms with E-state index < -0.39 is 0 Å². The van der Waals surface area contributed by atoms with Crippen molar-refractivity contribution in [2.45, 2.75) is 33.2 Å². The number of nitrogens with two attached hydrogens (primary N) is 1. The molecular formula is C15H21N3. The van der Waals surface area contributed by atoms with Gasteiger partial charge in [-0.3, -0.25) is 0 Å². The number of nitrogens with zero attached hydrogens (tertiary/aromatic N) is 1. The minimum atomic E-state index is -0.0206. The average Bonchev–Trinajstić information content (AvgIpc) is 2.87. The van der Waals surface area contributed by atoms with E-state index in [0.29, 0.717) is 5.92 Å². The molecule has 96 valence electrons. The number of H-pyrrole nitrogens is 1. The van der Waals surface area contributed by atoms with Crippen molar-refractivity contribution >= 4 is 0 Å². The Morgan fingerprint density at radius 3 is 2.72 bits per heavy atom. The lowest BCUT2D eigenvalue weighted by Gasteiger charge is -2.15. The summed E-state index contributed by atoms with van der Waals surface area (Å²) < 4.78 is 0. The van der Waals surface area contributed by atoms with Crippen LogP contribution in [-0.2, 0) is 0 Å². The first-order chi connectivity index (χ1) is 8.63. The Kier molecular flexibility index (Phi) is 3.82. The van der Waals surface area contributed by atoms with Crippen molar-refractivity contribution in [3.05, 3.63) is 41.9 Å². The van der Waals surface area contributed by atoms with Crippen LogP contribution in [0.1, 0.15) is 37.7 Å². The number of aromatic nitrogens is 2. The van der Waals surface area contributed by atoms with Gasteiger partial charge in [-0.15, -0.1) is 0 Å². The van der Waals surface area contributed by atoms with Crippen LogP contribution in [0.5, 0.6) is 0 Å². The summed E-state index contributed by atoms with van der Waals surface area (Å²) in [6.07, 6.45) is 2.93. The molecule has 1 heterocycles. The van der Waals surface area contributed by atoms with Crippen LogP contribution in [0.15, 0.2) is 30.5 Å². The molecule has 0 fully saturated rings. The fourth-order valence-corrected chi connectivity index (χ4v) is 2.04. The first-order valence-corrected chi connectivity index (χ1v) is 6.50. The molecule has 3 N–H and O–H groups in total. The van der Waals surface area contributed by atoms with Gasteiger partial charge in [0.25, 0.3) is 0 Å². The van der Waals surface area contributed by atoms with Crippen LogP contribution in [0.4, 0.5) is 0 Å². The van der Waals surface area contributed by atoms with E-state index in [1.54, 1.807) is 0 Å². The number of hydrogen-bond donors (Lipinski definition) is 2. The first-order valence-electron chi connectivity index (χ1n) is 6.50. The second kappa shape index (κ2) is 5.36. The van der Waals surface area contributed by atoms with E-state index in [0.717, 1.165) is 17.9 Å². The van der Waals surface area contributed by atoms with Crippen molar-refractivity contribution in [1.82, 2.24) is 9.97 Å². The van der Waals surface area contributed by atoms with Crippen molar-refractivity contribution in [1.29, 1.82) is 0 Å². The smallest absolute Gasteiger partial charge is 0.123 e. The van der Waals surface area contributed by atoms with Gasteiger partial charge in [-0.25, -0.2) is 4.98 Å². The van der Waals surface area contributed by atoms with Gasteiger partial charge in [0.05, 0.1) is 17.9 Å². The third kappa shape index (κ3) is 2.46. The highest BCUT2D eigenvalue weighted by Gasteiger charge is 2.16. The second-order valence-corrected chi connectivity index (χ2v) is 4.91. The molecular weight excluding hydrogens is 222 g/mol. The summed E-state index contributed by atoms with van der Waals surface area (Å²) in [7, 11) is 0. The highest BCUT2D eigenvalue weighted by molar-refractivity contribution is 5.62. The summed E-state index contributed by atoms with van der Waals surface area (Å²) in [6.45, 7) is 6.40. The summed E-state index contributed by atoms with van der Waals surface area (Å²) in [4.78, 5) is 7.77. The molecule has 3 heteroatoms. The predicted octanol–water partition coefficient (Wildman–Crippen LogP) is 3.43. The van der Waals surface area contributed by atoms with Crippen molar-refractivity contribution in [2.24, 2.45) is 11.7 Å². The van der Waals surface area contributed by atoms with E-state index >= 15 is 0 Å². The number of benzene rings is 1. The zero-order valence-electron chi connectivity index (χ0n) is 11.3. The second-order valence-electron chi connectivity index (χ2n) is 4.91. The SMILES string of the molecule is CCC(C)C(N)c1ncc(-c2ccccc2C)[nH]1. The van der Waals surface area contributed by atoms with Gasteiger partial charge < -0.3 is 10.7 Å². The summed E-state index contributed by atoms with van der Waals surface area (Å²) in [5, 5.41) is 0. The van der Waals surface area contributed by atoms with E-state index in [1.165, 1.54) is 11.1 Å². The van der Waals surface area contributed by atoms with Crippen molar-refractivity contribution in [2.75, 3.05) is 0 Å². The van der Waals surface area contributed by atoms with E-state index in [1.807, 2.05) is 18.3 Å². The van der Waals surface area contributed by atoms with Crippen LogP contribution in [-0.4, -0.2) is 9.97 Å². The molecule has 2 unspecified atom stereocenters. The predicted molar refractivity (Wildman–Crippen MR) is 75.1 cm³/mol. The molecule has 3 nitrogen and oxygen atoms in total. The van der Waals surface area contributed by atoms with Crippen LogP contribution in [0.2, 0.25) is 0 Å². The molecule has 0 saturated carbocycles. The molecule has 0 aliphatic heterocycles. The molecule has 18 heavy (non-hydrogen) atoms. The van der Waals surface area contributed by atoms with E-state index in [9.17, 15) is 0 Å². The Morgan fingerprint density at radius 1 is 1.33 bits per heavy atom. The molecule has 2 aromatic rings. The Balaban J connectivity index is 2.29. The number of imidazole rings is 1. The fraction of sp³-hybridized carbons (Fsp3) is 0.400. The largest absolute Gasteiger partial charge is 0.341 e. The molecule has 0 bridgehead atoms. The minimum absolute atomic E-state index is 0.0206. The molecule has 0 radical (unpaired) electrons. The molecule has 2 rings (SSSR count). The zero-order valence-corrected chi connectivity index (χ0v) is 11.3. The van der Waals surface area contributed by atoms with Crippen LogP contribution in [0.3, 0.4) is 0 Å². The Hall–Kier alpha value is -1.61. The number of hydrogen-bond acceptors (Lipinski definition) is 2. The minimum Gasteiger partial charge on any atom is -0.341 e. The highest BCUT2D eigenvalue weighted by atomic mass is 15.0. The van der Waals surface area contributed by atoms with Crippen molar-refractivity contribution < 1.29 is 0 Å². The molecule has 0 aliphatic carbocycles. The molecule has 1 aromatic heterocycles. The maximum absolute atomic E-state index is 6.18. The fourth-order valence-electron chi connectivity index (χ4n) is 2.04. The third-order valence-corrected chi connectivity index (χ3v) is 3.60. The summed E-state index contributed by atoms with van der Waals surface area (Å²) >= 11 is 0. The van der Waals surface area contributed by atoms with Gasteiger partial charge in [0, 0.05) is 5.56 Å². The maximum atomic E-state index is 6.18. The summed E-state index contributed by atoms with van der Waals surface area (Å²) in [5.74, 6) is 1.31. The number of aryl methyl sites for hydroxylation is 1. The monoisotopic (exact) mass is 243 g/mol. The Bertz CT molecular complexity index is 516. The molecule has 0 amide bonds. The lowest BCUT2D eigenvalue weighted by Crippen LogP contribution is -2.19. The van der Waals surface area contributed by atoms with Gasteiger partial charge in [-0.2, -0.15) is 0 Å². The Morgan fingerprint density at radius 2 is 2.06 bits per heavy atom. The van der Waals surface area contributed by atoms with Crippen LogP contribution < -0.4 is 5.73 Å². The topological polar surface area (TPSA) is 54.7 Å². The lowest BCUT2D eigenvalue weighted by atomic mass is 10.00. The molecule has 0 spiro atoms. The molecule has 1 aromatic carbocycles. The number of nitrogens with one attached hydrogen (secondary N) is 1. The highest BCUT2D eigenvalue weighted by Crippen LogP contribution is 2.25. The number of rotatable bonds is 4. The van der Waals surface area contributed by atoms with Gasteiger partial charge in [-0.05, 0) is 18.4 Å². The first kappa shape index (κ1) is 12.8. The zero-order chi connectivity index (χ0) is 13.1. The number of aromatic amines is 1. The normalized spacial score (nSPS) is 14.4. The van der Waals surface area contributed by atoms with Gasteiger partial charge in [-0.1, -0.05) is 44.5 Å². The molecule has 0 aliphatic rings. The van der Waals surface area contributed by atoms with Crippen molar-refractivity contribution in [3.8, 4) is 11.3 Å². The van der Waals surface area contributed by atoms with Crippen molar-refractivity contribution in [3.63, 3.8) is 0 Å². The van der Waals surface area contributed by atoms with Gasteiger partial charge in [0.15, 0.2) is 0 Å². The molecule has 2 atom stereocenters. The quantitative estimate of drug-likeness (QED) is 0.864. The molecule has 0 saturated heterocycles. The van der Waals surface area contributed by atoms with E-state index in [4.69, 9.17) is 5.73 Å². The van der Waals surface area contributed by atoms with Gasteiger partial charge in [0.2, 0.25) is 0 Å². The average molecular weight is 243 g/mol. The van der Waals surface area contributed by atoms with Crippen LogP contribution >= 0.6 is 0 Å². The van der Waals surface area contributed by atoms with Crippen LogP contribution in [0, 0.1) is 12.8 Å². The van der Waals surface area contributed by atoms with Gasteiger partial charge >= 0.3 is 0 Å². The summed E-state index contributed by atoms with van der Waals surface area (Å²) in [5.41, 5.74) is 9.66. The third-order valence-electron chi connectivity index (χ3n) is 3.60. The Labute approximate surface area is 108 Å². The maximum Gasteiger partial charge on any atom is 0.123 e.